The summed E-state index contributed by atoms with van der Waals surface area (Å²) in [6.07, 6.45) is 3.81. The van der Waals surface area contributed by atoms with Gasteiger partial charge in [-0.1, -0.05) is 6.92 Å². The number of nitrogens with zero attached hydrogens (tertiary/aromatic N) is 2. The summed E-state index contributed by atoms with van der Waals surface area (Å²) in [5.41, 5.74) is -0.0789. The number of aromatic nitrogens is 2. The van der Waals surface area contributed by atoms with Crippen LogP contribution in [0.4, 0.5) is 5.82 Å². The van der Waals surface area contributed by atoms with Gasteiger partial charge in [0.1, 0.15) is 5.82 Å². The second kappa shape index (κ2) is 5.82. The fraction of sp³-hybridized carbons (Fsp3) is 0.667. The third-order valence-corrected chi connectivity index (χ3v) is 3.29. The van der Waals surface area contributed by atoms with Gasteiger partial charge in [0.2, 0.25) is 0 Å². The smallest absolute Gasteiger partial charge is 0.252 e. The van der Waals surface area contributed by atoms with Crippen LogP contribution in [0.3, 0.4) is 0 Å². The molecule has 2 rings (SSSR count). The van der Waals surface area contributed by atoms with Crippen LogP contribution in [0, 0.1) is 5.92 Å². The second-order valence-corrected chi connectivity index (χ2v) is 4.51. The molecule has 0 aliphatic carbocycles. The van der Waals surface area contributed by atoms with Gasteiger partial charge in [0.05, 0.1) is 6.33 Å². The van der Waals surface area contributed by atoms with E-state index in [1.54, 1.807) is 6.07 Å². The minimum Gasteiger partial charge on any atom is -0.356 e. The number of hydrogen-bond donors (Lipinski definition) is 2. The van der Waals surface area contributed by atoms with E-state index in [0.29, 0.717) is 0 Å². The van der Waals surface area contributed by atoms with Crippen molar-refractivity contribution in [3.63, 3.8) is 0 Å². The maximum Gasteiger partial charge on any atom is 0.252 e. The molecule has 0 amide bonds. The van der Waals surface area contributed by atoms with Gasteiger partial charge in [-0.05, 0) is 31.8 Å². The molecule has 94 valence electrons. The summed E-state index contributed by atoms with van der Waals surface area (Å²) >= 11 is 0. The summed E-state index contributed by atoms with van der Waals surface area (Å²) in [6, 6.07) is 1.57. The third-order valence-electron chi connectivity index (χ3n) is 3.29. The zero-order chi connectivity index (χ0) is 12.1. The van der Waals surface area contributed by atoms with Crippen molar-refractivity contribution in [2.75, 3.05) is 31.1 Å². The molecular weight excluding hydrogens is 216 g/mol. The Bertz CT molecular complexity index is 395. The van der Waals surface area contributed by atoms with E-state index in [0.717, 1.165) is 37.9 Å². The van der Waals surface area contributed by atoms with Crippen LogP contribution < -0.4 is 15.8 Å². The Morgan fingerprint density at radius 3 is 2.94 bits per heavy atom. The molecule has 1 saturated heterocycles. The predicted octanol–water partition coefficient (Wildman–Crippen LogP) is 0.596. The van der Waals surface area contributed by atoms with Crippen LogP contribution in [0.1, 0.15) is 19.8 Å². The molecule has 1 aliphatic heterocycles. The molecule has 0 spiro atoms. The first-order valence-corrected chi connectivity index (χ1v) is 6.30. The molecule has 0 radical (unpaired) electrons. The molecule has 0 atom stereocenters. The Morgan fingerprint density at radius 1 is 1.53 bits per heavy atom. The van der Waals surface area contributed by atoms with E-state index in [2.05, 4.69) is 27.1 Å². The van der Waals surface area contributed by atoms with Crippen molar-refractivity contribution in [3.05, 3.63) is 22.7 Å². The van der Waals surface area contributed by atoms with Crippen molar-refractivity contribution in [1.29, 1.82) is 0 Å². The maximum absolute atomic E-state index is 11.2. The average molecular weight is 236 g/mol. The number of hydrogen-bond acceptors (Lipinski definition) is 4. The Kier molecular flexibility index (Phi) is 4.14. The second-order valence-electron chi connectivity index (χ2n) is 4.51. The molecule has 2 N–H and O–H groups in total. The van der Waals surface area contributed by atoms with Gasteiger partial charge >= 0.3 is 0 Å². The average Bonchev–Trinajstić information content (AvgIpc) is 2.37. The Balaban J connectivity index is 1.88. The van der Waals surface area contributed by atoms with E-state index >= 15 is 0 Å². The van der Waals surface area contributed by atoms with E-state index in [9.17, 15) is 4.79 Å². The molecule has 1 aliphatic rings. The SMILES string of the molecule is CCNCC1CCN(c2cc(=O)[nH]cn2)CC1. The van der Waals surface area contributed by atoms with E-state index < -0.39 is 0 Å². The molecule has 1 aromatic heterocycles. The first kappa shape index (κ1) is 12.1. The lowest BCUT2D eigenvalue weighted by Gasteiger charge is -2.32. The number of anilines is 1. The van der Waals surface area contributed by atoms with Crippen LogP contribution in [0.2, 0.25) is 0 Å². The number of rotatable bonds is 4. The van der Waals surface area contributed by atoms with Gasteiger partial charge in [0, 0.05) is 19.2 Å². The third kappa shape index (κ3) is 3.30. The molecule has 5 heteroatoms. The summed E-state index contributed by atoms with van der Waals surface area (Å²) in [5, 5.41) is 3.39. The van der Waals surface area contributed by atoms with Crippen molar-refractivity contribution >= 4 is 5.82 Å². The molecular formula is C12H20N4O. The highest BCUT2D eigenvalue weighted by atomic mass is 16.1. The standard InChI is InChI=1S/C12H20N4O/c1-2-13-8-10-3-5-16(6-4-10)11-7-12(17)15-9-14-11/h7,9-10,13H,2-6,8H2,1H3,(H,14,15,17). The Morgan fingerprint density at radius 2 is 2.29 bits per heavy atom. The lowest BCUT2D eigenvalue weighted by molar-refractivity contribution is 0.385. The quantitative estimate of drug-likeness (QED) is 0.803. The molecule has 5 nitrogen and oxygen atoms in total. The van der Waals surface area contributed by atoms with E-state index in [1.807, 2.05) is 0 Å². The maximum atomic E-state index is 11.2. The van der Waals surface area contributed by atoms with Crippen LogP contribution in [0.15, 0.2) is 17.2 Å². The molecule has 0 saturated carbocycles. The lowest BCUT2D eigenvalue weighted by Crippen LogP contribution is -2.38. The molecule has 2 heterocycles. The number of aromatic amines is 1. The number of piperidine rings is 1. The summed E-state index contributed by atoms with van der Waals surface area (Å²) in [7, 11) is 0. The van der Waals surface area contributed by atoms with Crippen molar-refractivity contribution in [1.82, 2.24) is 15.3 Å². The van der Waals surface area contributed by atoms with Gasteiger partial charge in [-0.2, -0.15) is 0 Å². The van der Waals surface area contributed by atoms with Gasteiger partial charge in [0.15, 0.2) is 0 Å². The summed E-state index contributed by atoms with van der Waals surface area (Å²) < 4.78 is 0. The Hall–Kier alpha value is -1.36. The largest absolute Gasteiger partial charge is 0.356 e. The van der Waals surface area contributed by atoms with Gasteiger partial charge < -0.3 is 15.2 Å². The zero-order valence-corrected chi connectivity index (χ0v) is 10.3. The van der Waals surface area contributed by atoms with Crippen LogP contribution >= 0.6 is 0 Å². The highest BCUT2D eigenvalue weighted by Crippen LogP contribution is 2.19. The van der Waals surface area contributed by atoms with Gasteiger partial charge in [-0.15, -0.1) is 0 Å². The molecule has 0 bridgehead atoms. The topological polar surface area (TPSA) is 61.0 Å². The van der Waals surface area contributed by atoms with Crippen LogP contribution in [-0.4, -0.2) is 36.1 Å². The van der Waals surface area contributed by atoms with E-state index in [-0.39, 0.29) is 5.56 Å². The normalized spacial score (nSPS) is 17.4. The molecule has 1 aromatic rings. The van der Waals surface area contributed by atoms with Crippen LogP contribution in [0.25, 0.3) is 0 Å². The minimum atomic E-state index is -0.0789. The first-order chi connectivity index (χ1) is 8.29. The van der Waals surface area contributed by atoms with Gasteiger partial charge in [-0.25, -0.2) is 4.98 Å². The molecule has 1 fully saturated rings. The van der Waals surface area contributed by atoms with Gasteiger partial charge in [0.25, 0.3) is 5.56 Å². The Labute approximate surface area is 101 Å². The highest BCUT2D eigenvalue weighted by molar-refractivity contribution is 5.36. The molecule has 17 heavy (non-hydrogen) atoms. The predicted molar refractivity (Wildman–Crippen MR) is 68.3 cm³/mol. The van der Waals surface area contributed by atoms with Crippen LogP contribution in [0.5, 0.6) is 0 Å². The summed E-state index contributed by atoms with van der Waals surface area (Å²) in [4.78, 5) is 20.1. The summed E-state index contributed by atoms with van der Waals surface area (Å²) in [6.45, 7) is 6.26. The monoisotopic (exact) mass is 236 g/mol. The van der Waals surface area contributed by atoms with Crippen molar-refractivity contribution < 1.29 is 0 Å². The van der Waals surface area contributed by atoms with Crippen LogP contribution in [-0.2, 0) is 0 Å². The summed E-state index contributed by atoms with van der Waals surface area (Å²) in [5.74, 6) is 1.56. The van der Waals surface area contributed by atoms with Crippen molar-refractivity contribution in [2.45, 2.75) is 19.8 Å². The van der Waals surface area contributed by atoms with E-state index in [4.69, 9.17) is 0 Å². The molecule has 0 aromatic carbocycles. The number of H-pyrrole nitrogens is 1. The zero-order valence-electron chi connectivity index (χ0n) is 10.3. The van der Waals surface area contributed by atoms with E-state index in [1.165, 1.54) is 19.2 Å². The van der Waals surface area contributed by atoms with Gasteiger partial charge in [-0.3, -0.25) is 4.79 Å². The van der Waals surface area contributed by atoms with Crippen molar-refractivity contribution in [2.24, 2.45) is 5.92 Å². The fourth-order valence-electron chi connectivity index (χ4n) is 2.25. The first-order valence-electron chi connectivity index (χ1n) is 6.30. The lowest BCUT2D eigenvalue weighted by atomic mass is 9.97. The fourth-order valence-corrected chi connectivity index (χ4v) is 2.25. The highest BCUT2D eigenvalue weighted by Gasteiger charge is 2.19. The van der Waals surface area contributed by atoms with Crippen molar-refractivity contribution in [3.8, 4) is 0 Å². The molecule has 0 unspecified atom stereocenters. The number of nitrogens with one attached hydrogen (secondary N) is 2. The minimum absolute atomic E-state index is 0.0789.